The van der Waals surface area contributed by atoms with E-state index in [0.29, 0.717) is 39.6 Å². The summed E-state index contributed by atoms with van der Waals surface area (Å²) in [7, 11) is 4.37. The first kappa shape index (κ1) is 22.9. The number of nitrogens with one attached hydrogen (secondary N) is 2. The van der Waals surface area contributed by atoms with E-state index in [1.165, 1.54) is 33.5 Å². The Balaban J connectivity index is 1.53. The number of fused-ring (bicyclic) bond motifs is 2. The Bertz CT molecular complexity index is 1330. The zero-order valence-electron chi connectivity index (χ0n) is 18.6. The summed E-state index contributed by atoms with van der Waals surface area (Å²) in [4.78, 5) is 38.4. The van der Waals surface area contributed by atoms with Crippen LogP contribution in [0.1, 0.15) is 42.2 Å². The smallest absolute Gasteiger partial charge is 0.257 e. The molecule has 1 aliphatic rings. The fraction of sp³-hybridized carbons (Fsp3) is 0.120. The minimum absolute atomic E-state index is 0.00804. The zero-order chi connectivity index (χ0) is 24.4. The number of anilines is 1. The molecule has 0 fully saturated rings. The van der Waals surface area contributed by atoms with Crippen molar-refractivity contribution in [2.75, 3.05) is 26.6 Å². The molecular weight excluding hydrogens is 456 g/mol. The van der Waals surface area contributed by atoms with Gasteiger partial charge in [0.15, 0.2) is 28.2 Å². The number of benzene rings is 3. The lowest BCUT2D eigenvalue weighted by Gasteiger charge is -2.18. The van der Waals surface area contributed by atoms with Crippen molar-refractivity contribution < 1.29 is 28.6 Å². The average Bonchev–Trinajstić information content (AvgIpc) is 2.86. The molecular formula is C25H20N2O6S. The van der Waals surface area contributed by atoms with Crippen LogP contribution in [0.15, 0.2) is 54.6 Å². The van der Waals surface area contributed by atoms with Crippen molar-refractivity contribution in [3.05, 3.63) is 82.4 Å². The van der Waals surface area contributed by atoms with Crippen LogP contribution in [0.25, 0.3) is 0 Å². The highest BCUT2D eigenvalue weighted by molar-refractivity contribution is 7.80. The van der Waals surface area contributed by atoms with Crippen LogP contribution in [0.4, 0.5) is 5.69 Å². The number of thiocarbonyl (C=S) groups is 1. The van der Waals surface area contributed by atoms with Gasteiger partial charge in [0.2, 0.25) is 5.75 Å². The van der Waals surface area contributed by atoms with Gasteiger partial charge in [0.1, 0.15) is 0 Å². The minimum atomic E-state index is -0.505. The molecule has 0 heterocycles. The third-order valence-electron chi connectivity index (χ3n) is 5.34. The Kier molecular flexibility index (Phi) is 6.29. The molecule has 0 saturated carbocycles. The van der Waals surface area contributed by atoms with Gasteiger partial charge >= 0.3 is 0 Å². The van der Waals surface area contributed by atoms with E-state index in [4.69, 9.17) is 26.4 Å². The summed E-state index contributed by atoms with van der Waals surface area (Å²) in [6, 6.07) is 14.4. The molecule has 1 amide bonds. The van der Waals surface area contributed by atoms with E-state index < -0.39 is 5.91 Å². The van der Waals surface area contributed by atoms with E-state index in [1.807, 2.05) is 0 Å². The highest BCUT2D eigenvalue weighted by Crippen LogP contribution is 2.38. The van der Waals surface area contributed by atoms with Gasteiger partial charge in [-0.1, -0.05) is 24.3 Å². The molecule has 0 atom stereocenters. The number of carbonyl (C=O) groups excluding carboxylic acids is 3. The second kappa shape index (κ2) is 9.32. The number of methoxy groups -OCH3 is 3. The molecule has 0 saturated heterocycles. The lowest BCUT2D eigenvalue weighted by Crippen LogP contribution is -2.34. The van der Waals surface area contributed by atoms with Crippen molar-refractivity contribution in [1.82, 2.24) is 5.32 Å². The number of rotatable bonds is 5. The van der Waals surface area contributed by atoms with Gasteiger partial charge in [-0.25, -0.2) is 0 Å². The summed E-state index contributed by atoms with van der Waals surface area (Å²) in [5.41, 5.74) is 2.02. The standard InChI is InChI=1S/C25H20N2O6S/c1-31-19-10-13(11-20(32-2)23(19)33-3)24(30)27-25(34)26-14-8-9-17-18(12-14)22(29)16-7-5-4-6-15(16)21(17)28/h4-12H,1-3H3,(H2,26,27,30,34). The lowest BCUT2D eigenvalue weighted by molar-refractivity contribution is 0.0975. The molecule has 3 aromatic carbocycles. The maximum absolute atomic E-state index is 12.9. The van der Waals surface area contributed by atoms with Crippen LogP contribution in [0, 0.1) is 0 Å². The van der Waals surface area contributed by atoms with Crippen molar-refractivity contribution in [3.8, 4) is 17.2 Å². The van der Waals surface area contributed by atoms with Crippen molar-refractivity contribution >= 4 is 40.5 Å². The third kappa shape index (κ3) is 4.08. The van der Waals surface area contributed by atoms with E-state index in [1.54, 1.807) is 42.5 Å². The molecule has 0 spiro atoms. The second-order valence-corrected chi connectivity index (χ2v) is 7.69. The SMILES string of the molecule is COc1cc(C(=O)NC(=S)Nc2ccc3c(c2)C(=O)c2ccccc2C3=O)cc(OC)c1OC. The summed E-state index contributed by atoms with van der Waals surface area (Å²) in [6.07, 6.45) is 0. The van der Waals surface area contributed by atoms with Gasteiger partial charge in [-0.3, -0.25) is 19.7 Å². The number of carbonyl (C=O) groups is 3. The summed E-state index contributed by atoms with van der Waals surface area (Å²) >= 11 is 5.27. The largest absolute Gasteiger partial charge is 0.493 e. The molecule has 0 aliphatic heterocycles. The number of ketones is 2. The average molecular weight is 477 g/mol. The first-order chi connectivity index (χ1) is 16.4. The fourth-order valence-electron chi connectivity index (χ4n) is 3.73. The summed E-state index contributed by atoms with van der Waals surface area (Å²) < 4.78 is 15.8. The molecule has 34 heavy (non-hydrogen) atoms. The molecule has 0 bridgehead atoms. The summed E-state index contributed by atoms with van der Waals surface area (Å²) in [5.74, 6) is 0.0382. The van der Waals surface area contributed by atoms with Gasteiger partial charge in [-0.2, -0.15) is 0 Å². The summed E-state index contributed by atoms with van der Waals surface area (Å²) in [6.45, 7) is 0. The minimum Gasteiger partial charge on any atom is -0.493 e. The van der Waals surface area contributed by atoms with Crippen LogP contribution in [0.5, 0.6) is 17.2 Å². The first-order valence-corrected chi connectivity index (χ1v) is 10.5. The Morgan fingerprint density at radius 1 is 0.765 bits per heavy atom. The summed E-state index contributed by atoms with van der Waals surface area (Å²) in [5, 5.41) is 5.47. The number of hydrogen-bond acceptors (Lipinski definition) is 7. The molecule has 0 radical (unpaired) electrons. The van der Waals surface area contributed by atoms with Crippen LogP contribution in [-0.4, -0.2) is 43.9 Å². The zero-order valence-corrected chi connectivity index (χ0v) is 19.4. The maximum Gasteiger partial charge on any atom is 0.257 e. The van der Waals surface area contributed by atoms with Crippen molar-refractivity contribution in [1.29, 1.82) is 0 Å². The van der Waals surface area contributed by atoms with Gasteiger partial charge in [0.05, 0.1) is 21.3 Å². The van der Waals surface area contributed by atoms with E-state index >= 15 is 0 Å². The van der Waals surface area contributed by atoms with Gasteiger partial charge < -0.3 is 19.5 Å². The Labute approximate surface area is 200 Å². The van der Waals surface area contributed by atoms with E-state index in [9.17, 15) is 14.4 Å². The monoisotopic (exact) mass is 476 g/mol. The highest BCUT2D eigenvalue weighted by Gasteiger charge is 2.29. The molecule has 0 aromatic heterocycles. The van der Waals surface area contributed by atoms with Gasteiger partial charge in [-0.05, 0) is 42.5 Å². The molecule has 9 heteroatoms. The maximum atomic E-state index is 12.9. The quantitative estimate of drug-likeness (QED) is 0.421. The Hall–Kier alpha value is -4.24. The van der Waals surface area contributed by atoms with Crippen LogP contribution in [-0.2, 0) is 0 Å². The lowest BCUT2D eigenvalue weighted by atomic mass is 9.84. The number of amides is 1. The predicted octanol–water partition coefficient (Wildman–Crippen LogP) is 3.61. The van der Waals surface area contributed by atoms with Gasteiger partial charge in [0, 0.05) is 33.5 Å². The van der Waals surface area contributed by atoms with Crippen molar-refractivity contribution in [2.24, 2.45) is 0 Å². The predicted molar refractivity (Wildman–Crippen MR) is 130 cm³/mol. The molecule has 4 rings (SSSR count). The molecule has 3 aromatic rings. The fourth-order valence-corrected chi connectivity index (χ4v) is 3.94. The van der Waals surface area contributed by atoms with Crippen LogP contribution >= 0.6 is 12.2 Å². The van der Waals surface area contributed by atoms with E-state index in [-0.39, 0.29) is 27.8 Å². The molecule has 8 nitrogen and oxygen atoms in total. The topological polar surface area (TPSA) is 103 Å². The second-order valence-electron chi connectivity index (χ2n) is 7.29. The van der Waals surface area contributed by atoms with Crippen molar-refractivity contribution in [3.63, 3.8) is 0 Å². The van der Waals surface area contributed by atoms with E-state index in [0.717, 1.165) is 0 Å². The highest BCUT2D eigenvalue weighted by atomic mass is 32.1. The molecule has 1 aliphatic carbocycles. The van der Waals surface area contributed by atoms with Gasteiger partial charge in [0.25, 0.3) is 5.91 Å². The van der Waals surface area contributed by atoms with Crippen LogP contribution < -0.4 is 24.8 Å². The number of ether oxygens (including phenoxy) is 3. The molecule has 0 unspecified atom stereocenters. The van der Waals surface area contributed by atoms with Crippen LogP contribution in [0.3, 0.4) is 0 Å². The van der Waals surface area contributed by atoms with Crippen molar-refractivity contribution in [2.45, 2.75) is 0 Å². The van der Waals surface area contributed by atoms with Crippen LogP contribution in [0.2, 0.25) is 0 Å². The molecule has 172 valence electrons. The molecule has 2 N–H and O–H groups in total. The van der Waals surface area contributed by atoms with Gasteiger partial charge in [-0.15, -0.1) is 0 Å². The third-order valence-corrected chi connectivity index (χ3v) is 5.54. The Morgan fingerprint density at radius 3 is 1.88 bits per heavy atom. The first-order valence-electron chi connectivity index (χ1n) is 10.1. The Morgan fingerprint density at radius 2 is 1.32 bits per heavy atom. The normalized spacial score (nSPS) is 11.7. The number of hydrogen-bond donors (Lipinski definition) is 2. The van der Waals surface area contributed by atoms with E-state index in [2.05, 4.69) is 10.6 Å².